The fourth-order valence-electron chi connectivity index (χ4n) is 1.89. The van der Waals surface area contributed by atoms with Gasteiger partial charge in [0.15, 0.2) is 0 Å². The lowest BCUT2D eigenvalue weighted by molar-refractivity contribution is 1.06. The zero-order chi connectivity index (χ0) is 12.5. The van der Waals surface area contributed by atoms with Crippen LogP contribution in [-0.2, 0) is 0 Å². The highest BCUT2D eigenvalue weighted by Crippen LogP contribution is 2.22. The van der Waals surface area contributed by atoms with Crippen LogP contribution in [0, 0.1) is 6.92 Å². The van der Waals surface area contributed by atoms with E-state index in [1.807, 2.05) is 31.2 Å². The number of aromatic nitrogens is 3. The first-order valence-electron chi connectivity index (χ1n) is 5.59. The third-order valence-corrected chi connectivity index (χ3v) is 2.89. The molecular formula is C14H10ClN3. The molecule has 0 aliphatic carbocycles. The summed E-state index contributed by atoms with van der Waals surface area (Å²) in [5, 5.41) is 1.54. The van der Waals surface area contributed by atoms with E-state index in [9.17, 15) is 0 Å². The lowest BCUT2D eigenvalue weighted by atomic mass is 10.1. The summed E-state index contributed by atoms with van der Waals surface area (Å²) in [4.78, 5) is 12.8. The van der Waals surface area contributed by atoms with Crippen LogP contribution in [0.25, 0.3) is 22.2 Å². The van der Waals surface area contributed by atoms with Crippen molar-refractivity contribution in [3.05, 3.63) is 53.6 Å². The van der Waals surface area contributed by atoms with E-state index in [2.05, 4.69) is 21.0 Å². The summed E-state index contributed by atoms with van der Waals surface area (Å²) in [7, 11) is 0. The number of nitrogens with zero attached hydrogens (tertiary/aromatic N) is 3. The Morgan fingerprint density at radius 3 is 2.72 bits per heavy atom. The Hall–Kier alpha value is -2.00. The van der Waals surface area contributed by atoms with E-state index in [-0.39, 0.29) is 0 Å². The molecule has 3 nitrogen and oxygen atoms in total. The second kappa shape index (κ2) is 4.35. The van der Waals surface area contributed by atoms with Gasteiger partial charge in [0.1, 0.15) is 11.0 Å². The minimum atomic E-state index is 0.450. The zero-order valence-corrected chi connectivity index (χ0v) is 10.5. The number of fused-ring (bicyclic) bond motifs is 1. The predicted molar refractivity (Wildman–Crippen MR) is 72.5 cm³/mol. The molecule has 2 aromatic heterocycles. The van der Waals surface area contributed by atoms with E-state index in [0.29, 0.717) is 11.0 Å². The van der Waals surface area contributed by atoms with Crippen molar-refractivity contribution in [3.63, 3.8) is 0 Å². The Kier molecular flexibility index (Phi) is 2.68. The molecule has 0 N–H and O–H groups in total. The van der Waals surface area contributed by atoms with Crippen molar-refractivity contribution >= 4 is 22.5 Å². The largest absolute Gasteiger partial charge is 0.256 e. The van der Waals surface area contributed by atoms with Crippen LogP contribution in [0.5, 0.6) is 0 Å². The predicted octanol–water partition coefficient (Wildman–Crippen LogP) is 3.65. The van der Waals surface area contributed by atoms with Crippen LogP contribution in [0.2, 0.25) is 5.15 Å². The zero-order valence-electron chi connectivity index (χ0n) is 9.76. The Labute approximate surface area is 109 Å². The lowest BCUT2D eigenvalue weighted by Gasteiger charge is -2.04. The monoisotopic (exact) mass is 255 g/mol. The molecule has 0 aliphatic rings. The van der Waals surface area contributed by atoms with Gasteiger partial charge in [-0.05, 0) is 19.1 Å². The van der Waals surface area contributed by atoms with Crippen molar-refractivity contribution in [2.45, 2.75) is 6.92 Å². The van der Waals surface area contributed by atoms with E-state index in [1.165, 1.54) is 0 Å². The summed E-state index contributed by atoms with van der Waals surface area (Å²) in [6.07, 6.45) is 1.81. The van der Waals surface area contributed by atoms with Gasteiger partial charge < -0.3 is 0 Å². The summed E-state index contributed by atoms with van der Waals surface area (Å²) < 4.78 is 0. The molecule has 4 heteroatoms. The van der Waals surface area contributed by atoms with Crippen molar-refractivity contribution in [3.8, 4) is 11.3 Å². The normalized spacial score (nSPS) is 10.8. The van der Waals surface area contributed by atoms with Gasteiger partial charge in [0.25, 0.3) is 0 Å². The van der Waals surface area contributed by atoms with E-state index >= 15 is 0 Å². The number of halogens is 1. The van der Waals surface area contributed by atoms with Gasteiger partial charge in [0, 0.05) is 23.2 Å². The SMILES string of the molecule is Cc1nc(Cl)cc(-c2cnc3ccccc3c2)n1. The molecule has 88 valence electrons. The Bertz CT molecular complexity index is 705. The Morgan fingerprint density at radius 1 is 1.06 bits per heavy atom. The molecule has 0 amide bonds. The van der Waals surface area contributed by atoms with Gasteiger partial charge in [0.2, 0.25) is 0 Å². The average Bonchev–Trinajstić information content (AvgIpc) is 2.37. The standard InChI is InChI=1S/C14H10ClN3/c1-9-17-13(7-14(15)18-9)11-6-10-4-2-3-5-12(10)16-8-11/h2-8H,1H3. The van der Waals surface area contributed by atoms with Gasteiger partial charge in [-0.15, -0.1) is 0 Å². The van der Waals surface area contributed by atoms with Crippen LogP contribution >= 0.6 is 11.6 Å². The summed E-state index contributed by atoms with van der Waals surface area (Å²) in [5.41, 5.74) is 2.71. The molecule has 2 heterocycles. The lowest BCUT2D eigenvalue weighted by Crippen LogP contribution is -1.92. The second-order valence-electron chi connectivity index (χ2n) is 4.04. The molecule has 0 saturated heterocycles. The van der Waals surface area contributed by atoms with Crippen molar-refractivity contribution in [1.29, 1.82) is 0 Å². The van der Waals surface area contributed by atoms with Gasteiger partial charge in [-0.25, -0.2) is 9.97 Å². The average molecular weight is 256 g/mol. The van der Waals surface area contributed by atoms with E-state index in [1.54, 1.807) is 12.3 Å². The molecule has 0 bridgehead atoms. The van der Waals surface area contributed by atoms with Crippen molar-refractivity contribution in [1.82, 2.24) is 15.0 Å². The number of para-hydroxylation sites is 1. The van der Waals surface area contributed by atoms with Gasteiger partial charge in [0.05, 0.1) is 11.2 Å². The molecule has 1 aromatic carbocycles. The molecule has 18 heavy (non-hydrogen) atoms. The summed E-state index contributed by atoms with van der Waals surface area (Å²) in [5.74, 6) is 0.658. The molecule has 3 aromatic rings. The number of hydrogen-bond donors (Lipinski definition) is 0. The van der Waals surface area contributed by atoms with Gasteiger partial charge in [-0.1, -0.05) is 29.8 Å². The van der Waals surface area contributed by atoms with Crippen LogP contribution in [0.3, 0.4) is 0 Å². The van der Waals surface area contributed by atoms with Crippen LogP contribution in [0.4, 0.5) is 0 Å². The molecule has 0 spiro atoms. The quantitative estimate of drug-likeness (QED) is 0.623. The highest BCUT2D eigenvalue weighted by atomic mass is 35.5. The van der Waals surface area contributed by atoms with E-state index in [0.717, 1.165) is 22.2 Å². The molecule has 0 radical (unpaired) electrons. The van der Waals surface area contributed by atoms with E-state index < -0.39 is 0 Å². The van der Waals surface area contributed by atoms with E-state index in [4.69, 9.17) is 11.6 Å². The fourth-order valence-corrected chi connectivity index (χ4v) is 2.12. The van der Waals surface area contributed by atoms with Gasteiger partial charge in [-0.2, -0.15) is 0 Å². The first kappa shape index (κ1) is 11.1. The number of hydrogen-bond acceptors (Lipinski definition) is 3. The third kappa shape index (κ3) is 2.05. The number of pyridine rings is 1. The summed E-state index contributed by atoms with van der Waals surface area (Å²) in [6.45, 7) is 1.82. The number of aryl methyl sites for hydroxylation is 1. The molecule has 0 saturated carbocycles. The Morgan fingerprint density at radius 2 is 1.89 bits per heavy atom. The maximum Gasteiger partial charge on any atom is 0.133 e. The molecule has 0 atom stereocenters. The minimum absolute atomic E-state index is 0.450. The molecular weight excluding hydrogens is 246 g/mol. The Balaban J connectivity index is 2.19. The number of rotatable bonds is 1. The minimum Gasteiger partial charge on any atom is -0.256 e. The topological polar surface area (TPSA) is 38.7 Å². The van der Waals surface area contributed by atoms with Crippen molar-refractivity contribution < 1.29 is 0 Å². The molecule has 0 fully saturated rings. The van der Waals surface area contributed by atoms with Gasteiger partial charge >= 0.3 is 0 Å². The maximum absolute atomic E-state index is 5.95. The van der Waals surface area contributed by atoms with Crippen molar-refractivity contribution in [2.24, 2.45) is 0 Å². The fraction of sp³-hybridized carbons (Fsp3) is 0.0714. The first-order chi connectivity index (χ1) is 8.72. The summed E-state index contributed by atoms with van der Waals surface area (Å²) in [6, 6.07) is 11.8. The van der Waals surface area contributed by atoms with Crippen LogP contribution < -0.4 is 0 Å². The van der Waals surface area contributed by atoms with Crippen molar-refractivity contribution in [2.75, 3.05) is 0 Å². The smallest absolute Gasteiger partial charge is 0.133 e. The molecule has 0 aliphatic heterocycles. The number of benzene rings is 1. The highest BCUT2D eigenvalue weighted by Gasteiger charge is 2.04. The van der Waals surface area contributed by atoms with Crippen LogP contribution in [0.1, 0.15) is 5.82 Å². The molecule has 3 rings (SSSR count). The maximum atomic E-state index is 5.95. The first-order valence-corrected chi connectivity index (χ1v) is 5.96. The second-order valence-corrected chi connectivity index (χ2v) is 4.43. The molecule has 0 unspecified atom stereocenters. The van der Waals surface area contributed by atoms with Gasteiger partial charge in [-0.3, -0.25) is 4.98 Å². The van der Waals surface area contributed by atoms with Crippen LogP contribution in [0.15, 0.2) is 42.6 Å². The summed E-state index contributed by atoms with van der Waals surface area (Å²) >= 11 is 5.95. The highest BCUT2D eigenvalue weighted by molar-refractivity contribution is 6.29. The van der Waals surface area contributed by atoms with Crippen LogP contribution in [-0.4, -0.2) is 15.0 Å². The third-order valence-electron chi connectivity index (χ3n) is 2.69.